The molecule has 2 amide bonds. The van der Waals surface area contributed by atoms with Crippen molar-refractivity contribution in [2.24, 2.45) is 0 Å². The fraction of sp³-hybridized carbons (Fsp3) is 0.318. The van der Waals surface area contributed by atoms with Gasteiger partial charge in [-0.2, -0.15) is 0 Å². The fourth-order valence-corrected chi connectivity index (χ4v) is 3.70. The van der Waals surface area contributed by atoms with Gasteiger partial charge in [0.05, 0.1) is 24.8 Å². The summed E-state index contributed by atoms with van der Waals surface area (Å²) in [6.07, 6.45) is 0.820. The van der Waals surface area contributed by atoms with Crippen LogP contribution in [0.15, 0.2) is 34.1 Å². The summed E-state index contributed by atoms with van der Waals surface area (Å²) in [4.78, 5) is 28.2. The summed E-state index contributed by atoms with van der Waals surface area (Å²) >= 11 is 7.61. The molecule has 0 fully saturated rings. The molecule has 0 aliphatic rings. The van der Waals surface area contributed by atoms with E-state index < -0.39 is 0 Å². The van der Waals surface area contributed by atoms with Gasteiger partial charge in [0.2, 0.25) is 5.91 Å². The molecule has 2 aromatic heterocycles. The van der Waals surface area contributed by atoms with E-state index in [1.54, 1.807) is 29.6 Å². The van der Waals surface area contributed by atoms with E-state index in [2.05, 4.69) is 15.6 Å². The normalized spacial score (nSPS) is 10.6. The van der Waals surface area contributed by atoms with Crippen molar-refractivity contribution in [3.63, 3.8) is 0 Å². The molecule has 0 spiro atoms. The molecule has 0 bridgehead atoms. The van der Waals surface area contributed by atoms with Gasteiger partial charge in [0.1, 0.15) is 11.5 Å². The van der Waals surface area contributed by atoms with Crippen LogP contribution in [0, 0.1) is 0 Å². The number of aromatic nitrogens is 1. The number of nitrogens with one attached hydrogen (secondary N) is 2. The summed E-state index contributed by atoms with van der Waals surface area (Å²) in [5.74, 6) is 1.48. The molecule has 0 radical (unpaired) electrons. The number of anilines is 1. The highest BCUT2D eigenvalue weighted by atomic mass is 35.5. The number of rotatable bonds is 10. The van der Waals surface area contributed by atoms with Gasteiger partial charge < -0.3 is 19.2 Å². The minimum Gasteiger partial charge on any atom is -0.490 e. The maximum Gasteiger partial charge on any atom is 0.257 e. The van der Waals surface area contributed by atoms with E-state index in [1.807, 2.05) is 13.8 Å². The zero-order valence-corrected chi connectivity index (χ0v) is 19.6. The molecule has 170 valence electrons. The summed E-state index contributed by atoms with van der Waals surface area (Å²) < 4.78 is 17.0. The number of amides is 2. The SMILES string of the molecule is CCCOc1c(Cl)cc(C(=O)Nc2nc(-c3ccc(CNC(C)=O)o3)cs2)cc1OCC. The zero-order valence-electron chi connectivity index (χ0n) is 18.0. The molecule has 2 heterocycles. The predicted molar refractivity (Wildman–Crippen MR) is 124 cm³/mol. The van der Waals surface area contributed by atoms with Crippen LogP contribution in [0.5, 0.6) is 11.5 Å². The van der Waals surface area contributed by atoms with E-state index in [0.717, 1.165) is 6.42 Å². The van der Waals surface area contributed by atoms with Gasteiger partial charge in [-0.25, -0.2) is 4.98 Å². The monoisotopic (exact) mass is 477 g/mol. The van der Waals surface area contributed by atoms with Crippen LogP contribution in [0.3, 0.4) is 0 Å². The van der Waals surface area contributed by atoms with Crippen molar-refractivity contribution in [3.8, 4) is 23.0 Å². The Balaban J connectivity index is 1.72. The molecule has 0 saturated carbocycles. The summed E-state index contributed by atoms with van der Waals surface area (Å²) in [6, 6.07) is 6.67. The van der Waals surface area contributed by atoms with Gasteiger partial charge in [-0.05, 0) is 37.6 Å². The van der Waals surface area contributed by atoms with Crippen molar-refractivity contribution in [2.75, 3.05) is 18.5 Å². The van der Waals surface area contributed by atoms with Gasteiger partial charge in [0.15, 0.2) is 22.4 Å². The molecule has 3 rings (SSSR count). The molecule has 10 heteroatoms. The number of furan rings is 1. The van der Waals surface area contributed by atoms with Gasteiger partial charge in [0.25, 0.3) is 5.91 Å². The molecular weight excluding hydrogens is 454 g/mol. The standard InChI is InChI=1S/C22H24ClN3O5S/c1-4-8-30-20-16(23)9-14(10-19(20)29-5-2)21(28)26-22-25-17(12-32-22)18-7-6-15(31-18)11-24-13(3)27/h6-7,9-10,12H,4-5,8,11H2,1-3H3,(H,24,27)(H,25,26,28). The molecule has 8 nitrogen and oxygen atoms in total. The average molecular weight is 478 g/mol. The molecule has 1 aromatic carbocycles. The van der Waals surface area contributed by atoms with Gasteiger partial charge in [-0.15, -0.1) is 11.3 Å². The van der Waals surface area contributed by atoms with Gasteiger partial charge in [-0.1, -0.05) is 18.5 Å². The number of hydrogen-bond acceptors (Lipinski definition) is 7. The van der Waals surface area contributed by atoms with Crippen molar-refractivity contribution in [3.05, 3.63) is 46.0 Å². The lowest BCUT2D eigenvalue weighted by Crippen LogP contribution is -2.18. The van der Waals surface area contributed by atoms with Crippen LogP contribution in [-0.4, -0.2) is 30.0 Å². The number of halogens is 1. The molecule has 0 aliphatic carbocycles. The molecule has 0 saturated heterocycles. The Kier molecular flexibility index (Phi) is 8.13. The lowest BCUT2D eigenvalue weighted by atomic mass is 10.2. The van der Waals surface area contributed by atoms with E-state index >= 15 is 0 Å². The predicted octanol–water partition coefficient (Wildman–Crippen LogP) is 5.13. The fourth-order valence-electron chi connectivity index (χ4n) is 2.74. The Morgan fingerprint density at radius 3 is 2.75 bits per heavy atom. The quantitative estimate of drug-likeness (QED) is 0.419. The first-order valence-electron chi connectivity index (χ1n) is 10.1. The van der Waals surface area contributed by atoms with Crippen LogP contribution in [0.2, 0.25) is 5.02 Å². The average Bonchev–Trinajstić information content (AvgIpc) is 3.41. The Morgan fingerprint density at radius 1 is 1.22 bits per heavy atom. The Morgan fingerprint density at radius 2 is 2.03 bits per heavy atom. The zero-order chi connectivity index (χ0) is 23.1. The number of carbonyl (C=O) groups excluding carboxylic acids is 2. The van der Waals surface area contributed by atoms with Crippen LogP contribution in [0.1, 0.15) is 43.3 Å². The van der Waals surface area contributed by atoms with Crippen LogP contribution < -0.4 is 20.1 Å². The summed E-state index contributed by atoms with van der Waals surface area (Å²) in [6.45, 7) is 6.47. The molecule has 0 atom stereocenters. The molecule has 0 unspecified atom stereocenters. The van der Waals surface area contributed by atoms with Crippen LogP contribution in [-0.2, 0) is 11.3 Å². The molecular formula is C22H24ClN3O5S. The van der Waals surface area contributed by atoms with Crippen LogP contribution >= 0.6 is 22.9 Å². The lowest BCUT2D eigenvalue weighted by Gasteiger charge is -2.14. The van der Waals surface area contributed by atoms with Crippen LogP contribution in [0.25, 0.3) is 11.5 Å². The van der Waals surface area contributed by atoms with E-state index in [-0.39, 0.29) is 11.8 Å². The molecule has 32 heavy (non-hydrogen) atoms. The molecule has 2 N–H and O–H groups in total. The number of ether oxygens (including phenoxy) is 2. The van der Waals surface area contributed by atoms with Crippen molar-refractivity contribution < 1.29 is 23.5 Å². The number of thiazole rings is 1. The third-order valence-electron chi connectivity index (χ3n) is 4.17. The van der Waals surface area contributed by atoms with Gasteiger partial charge >= 0.3 is 0 Å². The third kappa shape index (κ3) is 6.02. The largest absolute Gasteiger partial charge is 0.490 e. The Labute approximate surface area is 194 Å². The summed E-state index contributed by atoms with van der Waals surface area (Å²) in [5.41, 5.74) is 0.908. The van der Waals surface area contributed by atoms with E-state index in [1.165, 1.54) is 18.3 Å². The maximum absolute atomic E-state index is 12.8. The second kappa shape index (κ2) is 11.0. The highest BCUT2D eigenvalue weighted by Gasteiger charge is 2.18. The first-order chi connectivity index (χ1) is 15.4. The van der Waals surface area contributed by atoms with Gasteiger partial charge in [-0.3, -0.25) is 14.9 Å². The number of benzene rings is 1. The third-order valence-corrected chi connectivity index (χ3v) is 5.21. The Hall–Kier alpha value is -3.04. The lowest BCUT2D eigenvalue weighted by molar-refractivity contribution is -0.119. The summed E-state index contributed by atoms with van der Waals surface area (Å²) in [7, 11) is 0. The van der Waals surface area contributed by atoms with E-state index in [4.69, 9.17) is 25.5 Å². The molecule has 3 aromatic rings. The first-order valence-corrected chi connectivity index (χ1v) is 11.4. The number of hydrogen-bond donors (Lipinski definition) is 2. The first kappa shape index (κ1) is 23.6. The second-order valence-electron chi connectivity index (χ2n) is 6.73. The second-order valence-corrected chi connectivity index (χ2v) is 8.00. The van der Waals surface area contributed by atoms with Crippen molar-refractivity contribution >= 4 is 39.9 Å². The van der Waals surface area contributed by atoms with Crippen molar-refractivity contribution in [1.29, 1.82) is 0 Å². The number of carbonyl (C=O) groups is 2. The van der Waals surface area contributed by atoms with Crippen LogP contribution in [0.4, 0.5) is 5.13 Å². The number of nitrogens with zero attached hydrogens (tertiary/aromatic N) is 1. The maximum atomic E-state index is 12.8. The van der Waals surface area contributed by atoms with Crippen molar-refractivity contribution in [2.45, 2.75) is 33.7 Å². The van der Waals surface area contributed by atoms with E-state index in [0.29, 0.717) is 64.2 Å². The van der Waals surface area contributed by atoms with Gasteiger partial charge in [0, 0.05) is 17.9 Å². The molecule has 0 aliphatic heterocycles. The highest BCUT2D eigenvalue weighted by Crippen LogP contribution is 2.37. The topological polar surface area (TPSA) is 103 Å². The van der Waals surface area contributed by atoms with E-state index in [9.17, 15) is 9.59 Å². The smallest absolute Gasteiger partial charge is 0.257 e. The minimum atomic E-state index is -0.374. The van der Waals surface area contributed by atoms with Crippen molar-refractivity contribution in [1.82, 2.24) is 10.3 Å². The minimum absolute atomic E-state index is 0.140. The summed E-state index contributed by atoms with van der Waals surface area (Å²) in [5, 5.41) is 7.93. The highest BCUT2D eigenvalue weighted by molar-refractivity contribution is 7.14. The Bertz CT molecular complexity index is 1100.